The molecular formula is C52H30O2. The Balaban J connectivity index is 1.15. The molecule has 0 radical (unpaired) electrons. The summed E-state index contributed by atoms with van der Waals surface area (Å²) in [4.78, 5) is 0. The number of furan rings is 2. The summed E-state index contributed by atoms with van der Waals surface area (Å²) in [5, 5.41) is 14.3. The van der Waals surface area contributed by atoms with E-state index in [4.69, 9.17) is 8.83 Å². The van der Waals surface area contributed by atoms with Gasteiger partial charge in [-0.05, 0) is 137 Å². The molecule has 54 heavy (non-hydrogen) atoms. The lowest BCUT2D eigenvalue weighted by molar-refractivity contribution is 0.668. The Kier molecular flexibility index (Phi) is 6.09. The molecule has 0 atom stereocenters. The molecule has 0 spiro atoms. The minimum atomic E-state index is 0.897. The van der Waals surface area contributed by atoms with Crippen LogP contribution in [0.4, 0.5) is 0 Å². The maximum absolute atomic E-state index is 6.39. The molecule has 12 aromatic rings. The predicted molar refractivity (Wildman–Crippen MR) is 227 cm³/mol. The molecule has 0 bridgehead atoms. The van der Waals surface area contributed by atoms with E-state index in [1.807, 2.05) is 24.3 Å². The van der Waals surface area contributed by atoms with Gasteiger partial charge in [0, 0.05) is 21.5 Å². The van der Waals surface area contributed by atoms with Crippen molar-refractivity contribution in [1.82, 2.24) is 0 Å². The zero-order valence-electron chi connectivity index (χ0n) is 29.1. The molecule has 10 aromatic carbocycles. The number of rotatable bonds is 3. The molecule has 2 heterocycles. The quantitative estimate of drug-likeness (QED) is 0.173. The molecule has 2 heteroatoms. The molecule has 0 unspecified atom stereocenters. The van der Waals surface area contributed by atoms with E-state index in [-0.39, 0.29) is 0 Å². The van der Waals surface area contributed by atoms with Crippen molar-refractivity contribution in [2.45, 2.75) is 0 Å². The highest BCUT2D eigenvalue weighted by atomic mass is 16.3. The number of benzene rings is 10. The Morgan fingerprint density at radius 2 is 0.704 bits per heavy atom. The monoisotopic (exact) mass is 686 g/mol. The molecule has 0 amide bonds. The Morgan fingerprint density at radius 1 is 0.241 bits per heavy atom. The number of fused-ring (bicyclic) bond motifs is 10. The number of hydrogen-bond acceptors (Lipinski definition) is 2. The first-order chi connectivity index (χ1) is 26.7. The summed E-state index contributed by atoms with van der Waals surface area (Å²) in [7, 11) is 0. The van der Waals surface area contributed by atoms with Gasteiger partial charge in [0.15, 0.2) is 0 Å². The van der Waals surface area contributed by atoms with E-state index < -0.39 is 0 Å². The first kappa shape index (κ1) is 29.4. The maximum atomic E-state index is 6.39. The van der Waals surface area contributed by atoms with Crippen LogP contribution in [0.15, 0.2) is 191 Å². The van der Waals surface area contributed by atoms with Crippen LogP contribution in [0.25, 0.3) is 120 Å². The van der Waals surface area contributed by atoms with Gasteiger partial charge in [-0.25, -0.2) is 0 Å². The average molecular weight is 687 g/mol. The second kappa shape index (κ2) is 11.2. The molecular weight excluding hydrogens is 657 g/mol. The number of hydrogen-bond donors (Lipinski definition) is 0. The fraction of sp³-hybridized carbons (Fsp3) is 0. The van der Waals surface area contributed by atoms with Crippen LogP contribution in [-0.2, 0) is 0 Å². The van der Waals surface area contributed by atoms with Crippen molar-refractivity contribution in [2.75, 3.05) is 0 Å². The van der Waals surface area contributed by atoms with Crippen LogP contribution in [-0.4, -0.2) is 0 Å². The fourth-order valence-electron chi connectivity index (χ4n) is 8.86. The van der Waals surface area contributed by atoms with Gasteiger partial charge < -0.3 is 8.83 Å². The van der Waals surface area contributed by atoms with Gasteiger partial charge in [0.25, 0.3) is 0 Å². The summed E-state index contributed by atoms with van der Waals surface area (Å²) < 4.78 is 12.8. The lowest BCUT2D eigenvalue weighted by Gasteiger charge is -2.18. The van der Waals surface area contributed by atoms with Crippen LogP contribution in [0.3, 0.4) is 0 Å². The average Bonchev–Trinajstić information content (AvgIpc) is 3.79. The molecule has 250 valence electrons. The predicted octanol–water partition coefficient (Wildman–Crippen LogP) is 15.1. The zero-order valence-corrected chi connectivity index (χ0v) is 29.1. The van der Waals surface area contributed by atoms with Crippen molar-refractivity contribution >= 4 is 87.0 Å². The largest absolute Gasteiger partial charge is 0.456 e. The van der Waals surface area contributed by atoms with Gasteiger partial charge >= 0.3 is 0 Å². The van der Waals surface area contributed by atoms with Crippen LogP contribution in [0.5, 0.6) is 0 Å². The van der Waals surface area contributed by atoms with E-state index >= 15 is 0 Å². The van der Waals surface area contributed by atoms with E-state index in [1.54, 1.807) is 0 Å². The zero-order chi connectivity index (χ0) is 35.3. The van der Waals surface area contributed by atoms with Crippen LogP contribution in [0.2, 0.25) is 0 Å². The van der Waals surface area contributed by atoms with Crippen LogP contribution in [0, 0.1) is 0 Å². The molecule has 0 aliphatic rings. The smallest absolute Gasteiger partial charge is 0.136 e. The summed E-state index contributed by atoms with van der Waals surface area (Å²) in [5.41, 5.74) is 10.6. The van der Waals surface area contributed by atoms with Gasteiger partial charge in [-0.15, -0.1) is 0 Å². The molecule has 2 aromatic heterocycles. The Morgan fingerprint density at radius 3 is 1.30 bits per heavy atom. The van der Waals surface area contributed by atoms with E-state index in [1.165, 1.54) is 65.3 Å². The highest BCUT2D eigenvalue weighted by molar-refractivity contribution is 6.20. The third-order valence-corrected chi connectivity index (χ3v) is 11.4. The highest BCUT2D eigenvalue weighted by Gasteiger charge is 2.18. The molecule has 0 N–H and O–H groups in total. The number of para-hydroxylation sites is 2. The van der Waals surface area contributed by atoms with E-state index in [0.717, 1.165) is 55.0 Å². The van der Waals surface area contributed by atoms with Crippen molar-refractivity contribution in [3.8, 4) is 33.4 Å². The summed E-state index contributed by atoms with van der Waals surface area (Å²) in [6.07, 6.45) is 0. The van der Waals surface area contributed by atoms with Crippen LogP contribution in [0.1, 0.15) is 0 Å². The Bertz CT molecular complexity index is 3330. The highest BCUT2D eigenvalue weighted by Crippen LogP contribution is 2.45. The first-order valence-corrected chi connectivity index (χ1v) is 18.5. The van der Waals surface area contributed by atoms with E-state index in [0.29, 0.717) is 0 Å². The minimum Gasteiger partial charge on any atom is -0.456 e. The third-order valence-electron chi connectivity index (χ3n) is 11.4. The Labute approximate surface area is 310 Å². The molecule has 0 saturated heterocycles. The molecule has 0 aliphatic heterocycles. The summed E-state index contributed by atoms with van der Waals surface area (Å²) in [5.74, 6) is 0. The third kappa shape index (κ3) is 4.34. The second-order valence-corrected chi connectivity index (χ2v) is 14.4. The van der Waals surface area contributed by atoms with E-state index in [2.05, 4.69) is 158 Å². The van der Waals surface area contributed by atoms with Gasteiger partial charge in [-0.1, -0.05) is 121 Å². The lowest BCUT2D eigenvalue weighted by Crippen LogP contribution is -1.91. The SMILES string of the molecule is c1ccc2cc3cc(-c4c5cccc(-c6ccc7c(c6)oc6ccccc67)c5cc5c(-c6ccc7c(c6)oc6ccccc67)cccc45)ccc3cc2c1. The molecule has 0 aliphatic carbocycles. The van der Waals surface area contributed by atoms with Crippen molar-refractivity contribution in [1.29, 1.82) is 0 Å². The van der Waals surface area contributed by atoms with Crippen LogP contribution < -0.4 is 0 Å². The van der Waals surface area contributed by atoms with Crippen molar-refractivity contribution in [2.24, 2.45) is 0 Å². The summed E-state index contributed by atoms with van der Waals surface area (Å²) in [6, 6.07) is 65.9. The molecule has 0 fully saturated rings. The second-order valence-electron chi connectivity index (χ2n) is 14.4. The van der Waals surface area contributed by atoms with Gasteiger partial charge in [0.05, 0.1) is 0 Å². The van der Waals surface area contributed by atoms with Crippen molar-refractivity contribution < 1.29 is 8.83 Å². The normalized spacial score (nSPS) is 12.1. The maximum Gasteiger partial charge on any atom is 0.136 e. The molecule has 0 saturated carbocycles. The van der Waals surface area contributed by atoms with Crippen molar-refractivity contribution in [3.63, 3.8) is 0 Å². The van der Waals surface area contributed by atoms with Gasteiger partial charge in [-0.2, -0.15) is 0 Å². The molecule has 2 nitrogen and oxygen atoms in total. The topological polar surface area (TPSA) is 26.3 Å². The summed E-state index contributed by atoms with van der Waals surface area (Å²) in [6.45, 7) is 0. The summed E-state index contributed by atoms with van der Waals surface area (Å²) >= 11 is 0. The standard InChI is InChI=1S/C52H30O2/c1-2-10-32-26-37-27-36(20-19-33(37)25-31(32)9-1)52-44-15-7-13-38(34-21-23-42-40-11-3-5-17-48(40)53-50(42)28-34)46(44)30-47-39(14-8-16-45(47)52)35-22-24-43-41-12-4-6-18-49(41)54-51(43)29-35/h1-30H. The Hall–Kier alpha value is -7.16. The lowest BCUT2D eigenvalue weighted by atomic mass is 9.85. The van der Waals surface area contributed by atoms with E-state index in [9.17, 15) is 0 Å². The van der Waals surface area contributed by atoms with Crippen LogP contribution >= 0.6 is 0 Å². The minimum absolute atomic E-state index is 0.897. The van der Waals surface area contributed by atoms with Gasteiger partial charge in [0.2, 0.25) is 0 Å². The first-order valence-electron chi connectivity index (χ1n) is 18.5. The fourth-order valence-corrected chi connectivity index (χ4v) is 8.86. The molecule has 12 rings (SSSR count). The van der Waals surface area contributed by atoms with Crippen molar-refractivity contribution in [3.05, 3.63) is 182 Å². The van der Waals surface area contributed by atoms with Gasteiger partial charge in [0.1, 0.15) is 22.3 Å². The van der Waals surface area contributed by atoms with Gasteiger partial charge in [-0.3, -0.25) is 0 Å².